The smallest absolute Gasteiger partial charge is 0.321 e. The first kappa shape index (κ1) is 17.9. The molecule has 9 nitrogen and oxygen atoms in total. The minimum Gasteiger partial charge on any atom is -0.395 e. The molecule has 0 aromatic carbocycles. The molecule has 0 atom stereocenters. The van der Waals surface area contributed by atoms with Crippen molar-refractivity contribution in [2.45, 2.75) is 19.8 Å². The van der Waals surface area contributed by atoms with Gasteiger partial charge in [-0.1, -0.05) is 11.2 Å². The summed E-state index contributed by atoms with van der Waals surface area (Å²) in [5.41, 5.74) is 3.13. The van der Waals surface area contributed by atoms with E-state index in [2.05, 4.69) is 30.9 Å². The van der Waals surface area contributed by atoms with Crippen LogP contribution in [0.15, 0.2) is 41.8 Å². The summed E-state index contributed by atoms with van der Waals surface area (Å²) in [6.45, 7) is 2.98. The molecular formula is C19H21N7O2. The average molecular weight is 379 g/mol. The standard InChI is InChI=1S/C19H21N7O2/c1-2-21-19(27)24-18-23-17-9-15(14-4-3-7-20-10-14)8-16(26(17)25-18)11-22-28-12-13-5-6-13/h3-4,7-11,13H,2,5-6,12H2,1H3,(H2,21,24,25,27)/b22-11+. The lowest BCUT2D eigenvalue weighted by molar-refractivity contribution is 0.135. The van der Waals surface area contributed by atoms with Crippen LogP contribution in [-0.4, -0.2) is 45.0 Å². The minimum atomic E-state index is -0.353. The Morgan fingerprint density at radius 1 is 1.39 bits per heavy atom. The number of oxime groups is 1. The van der Waals surface area contributed by atoms with Crippen molar-refractivity contribution in [3.8, 4) is 11.1 Å². The fraction of sp³-hybridized carbons (Fsp3) is 0.316. The largest absolute Gasteiger partial charge is 0.395 e. The van der Waals surface area contributed by atoms with Gasteiger partial charge in [0.2, 0.25) is 0 Å². The van der Waals surface area contributed by atoms with Crippen LogP contribution in [0.5, 0.6) is 0 Å². The Labute approximate surface area is 161 Å². The second-order valence-electron chi connectivity index (χ2n) is 6.57. The number of rotatable bonds is 7. The van der Waals surface area contributed by atoms with Crippen molar-refractivity contribution in [3.63, 3.8) is 0 Å². The maximum atomic E-state index is 11.8. The van der Waals surface area contributed by atoms with Gasteiger partial charge < -0.3 is 10.2 Å². The number of carbonyl (C=O) groups excluding carboxylic acids is 1. The number of pyridine rings is 2. The van der Waals surface area contributed by atoms with Crippen LogP contribution in [0.2, 0.25) is 0 Å². The number of anilines is 1. The van der Waals surface area contributed by atoms with E-state index in [-0.39, 0.29) is 12.0 Å². The lowest BCUT2D eigenvalue weighted by atomic mass is 10.1. The van der Waals surface area contributed by atoms with Crippen LogP contribution in [0.1, 0.15) is 25.5 Å². The van der Waals surface area contributed by atoms with E-state index in [1.165, 1.54) is 12.8 Å². The summed E-state index contributed by atoms with van der Waals surface area (Å²) in [5, 5.41) is 13.7. The maximum absolute atomic E-state index is 11.8. The van der Waals surface area contributed by atoms with Gasteiger partial charge in [0.05, 0.1) is 11.9 Å². The Bertz CT molecular complexity index is 996. The van der Waals surface area contributed by atoms with Crippen LogP contribution in [0, 0.1) is 5.92 Å². The molecule has 2 amide bonds. The van der Waals surface area contributed by atoms with E-state index in [0.29, 0.717) is 30.4 Å². The van der Waals surface area contributed by atoms with Crippen LogP contribution >= 0.6 is 0 Å². The van der Waals surface area contributed by atoms with Gasteiger partial charge >= 0.3 is 6.03 Å². The van der Waals surface area contributed by atoms with E-state index in [1.807, 2.05) is 31.2 Å². The number of nitrogens with one attached hydrogen (secondary N) is 2. The highest BCUT2D eigenvalue weighted by atomic mass is 16.6. The van der Waals surface area contributed by atoms with Gasteiger partial charge in [-0.25, -0.2) is 9.31 Å². The number of hydrogen-bond acceptors (Lipinski definition) is 6. The number of carbonyl (C=O) groups is 1. The van der Waals surface area contributed by atoms with E-state index in [9.17, 15) is 4.79 Å². The topological polar surface area (TPSA) is 106 Å². The van der Waals surface area contributed by atoms with Crippen LogP contribution in [0.25, 0.3) is 16.8 Å². The zero-order valence-electron chi connectivity index (χ0n) is 15.5. The molecule has 1 aliphatic carbocycles. The molecule has 3 aromatic heterocycles. The van der Waals surface area contributed by atoms with Crippen molar-refractivity contribution in [1.29, 1.82) is 0 Å². The summed E-state index contributed by atoms with van der Waals surface area (Å²) >= 11 is 0. The van der Waals surface area contributed by atoms with E-state index in [0.717, 1.165) is 11.1 Å². The van der Waals surface area contributed by atoms with Crippen LogP contribution in [-0.2, 0) is 4.84 Å². The predicted molar refractivity (Wildman–Crippen MR) is 105 cm³/mol. The molecule has 9 heteroatoms. The summed E-state index contributed by atoms with van der Waals surface area (Å²) in [4.78, 5) is 25.7. The molecule has 0 saturated heterocycles. The van der Waals surface area contributed by atoms with E-state index in [1.54, 1.807) is 23.1 Å². The predicted octanol–water partition coefficient (Wildman–Crippen LogP) is 2.69. The van der Waals surface area contributed by atoms with Crippen molar-refractivity contribution in [2.24, 2.45) is 11.1 Å². The molecule has 1 fully saturated rings. The molecule has 0 aliphatic heterocycles. The minimum absolute atomic E-state index is 0.211. The van der Waals surface area contributed by atoms with E-state index >= 15 is 0 Å². The van der Waals surface area contributed by atoms with Gasteiger partial charge in [-0.05, 0) is 49.4 Å². The van der Waals surface area contributed by atoms with Crippen LogP contribution < -0.4 is 10.6 Å². The van der Waals surface area contributed by atoms with Crippen molar-refractivity contribution in [3.05, 3.63) is 42.4 Å². The number of aromatic nitrogens is 4. The molecule has 3 heterocycles. The summed E-state index contributed by atoms with van der Waals surface area (Å²) in [5.74, 6) is 0.834. The number of nitrogens with zero attached hydrogens (tertiary/aromatic N) is 5. The van der Waals surface area contributed by atoms with E-state index < -0.39 is 0 Å². The lowest BCUT2D eigenvalue weighted by Gasteiger charge is -2.04. The number of amides is 2. The Balaban J connectivity index is 1.67. The van der Waals surface area contributed by atoms with E-state index in [4.69, 9.17) is 4.84 Å². The van der Waals surface area contributed by atoms with Gasteiger partial charge in [-0.3, -0.25) is 10.3 Å². The number of hydrogen-bond donors (Lipinski definition) is 2. The molecule has 28 heavy (non-hydrogen) atoms. The zero-order valence-corrected chi connectivity index (χ0v) is 15.5. The SMILES string of the molecule is CCNC(=O)Nc1nc2cc(-c3cccnc3)cc(/C=N/OCC3CC3)n2n1. The first-order valence-electron chi connectivity index (χ1n) is 9.24. The summed E-state index contributed by atoms with van der Waals surface area (Å²) in [6, 6.07) is 7.30. The van der Waals surface area contributed by atoms with Gasteiger partial charge in [-0.2, -0.15) is 4.98 Å². The molecule has 0 bridgehead atoms. The molecule has 1 saturated carbocycles. The highest BCUT2D eigenvalue weighted by molar-refractivity contribution is 5.88. The third-order valence-electron chi connectivity index (χ3n) is 4.29. The Kier molecular flexibility index (Phi) is 5.14. The molecule has 0 unspecified atom stereocenters. The molecule has 2 N–H and O–H groups in total. The molecule has 1 aliphatic rings. The van der Waals surface area contributed by atoms with Crippen LogP contribution in [0.4, 0.5) is 10.7 Å². The summed E-state index contributed by atoms with van der Waals surface area (Å²) < 4.78 is 1.62. The number of fused-ring (bicyclic) bond motifs is 1. The molecule has 4 rings (SSSR count). The fourth-order valence-electron chi connectivity index (χ4n) is 2.68. The first-order chi connectivity index (χ1) is 13.7. The van der Waals surface area contributed by atoms with Crippen molar-refractivity contribution >= 4 is 23.8 Å². The Hall–Kier alpha value is -3.49. The van der Waals surface area contributed by atoms with Gasteiger partial charge in [0.25, 0.3) is 5.95 Å². The quantitative estimate of drug-likeness (QED) is 0.485. The molecule has 144 valence electrons. The third kappa shape index (κ3) is 4.25. The molecule has 3 aromatic rings. The number of urea groups is 1. The average Bonchev–Trinajstić information content (AvgIpc) is 3.44. The van der Waals surface area contributed by atoms with Crippen molar-refractivity contribution in [1.82, 2.24) is 24.9 Å². The molecular weight excluding hydrogens is 358 g/mol. The van der Waals surface area contributed by atoms with Gasteiger partial charge in [0.1, 0.15) is 6.61 Å². The summed E-state index contributed by atoms with van der Waals surface area (Å²) in [7, 11) is 0. The normalized spacial score (nSPS) is 13.8. The van der Waals surface area contributed by atoms with Gasteiger partial charge in [-0.15, -0.1) is 5.10 Å². The second-order valence-corrected chi connectivity index (χ2v) is 6.57. The first-order valence-corrected chi connectivity index (χ1v) is 9.24. The fourth-order valence-corrected chi connectivity index (χ4v) is 2.68. The van der Waals surface area contributed by atoms with Gasteiger partial charge in [0, 0.05) is 24.5 Å². The lowest BCUT2D eigenvalue weighted by Crippen LogP contribution is -2.28. The molecule has 0 radical (unpaired) electrons. The molecule has 0 spiro atoms. The Morgan fingerprint density at radius 2 is 2.29 bits per heavy atom. The second kappa shape index (κ2) is 8.03. The van der Waals surface area contributed by atoms with Crippen molar-refractivity contribution < 1.29 is 9.63 Å². The zero-order chi connectivity index (χ0) is 19.3. The Morgan fingerprint density at radius 3 is 3.04 bits per heavy atom. The monoisotopic (exact) mass is 379 g/mol. The highest BCUT2D eigenvalue weighted by Crippen LogP contribution is 2.28. The van der Waals surface area contributed by atoms with Gasteiger partial charge in [0.15, 0.2) is 5.65 Å². The van der Waals surface area contributed by atoms with Crippen LogP contribution in [0.3, 0.4) is 0 Å². The van der Waals surface area contributed by atoms with Crippen molar-refractivity contribution in [2.75, 3.05) is 18.5 Å². The maximum Gasteiger partial charge on any atom is 0.321 e. The third-order valence-corrected chi connectivity index (χ3v) is 4.29. The highest BCUT2D eigenvalue weighted by Gasteiger charge is 2.21. The summed E-state index contributed by atoms with van der Waals surface area (Å²) in [6.07, 6.45) is 7.52.